The van der Waals surface area contributed by atoms with Gasteiger partial charge in [0.15, 0.2) is 0 Å². The third-order valence-electron chi connectivity index (χ3n) is 2.63. The average Bonchev–Trinajstić information content (AvgIpc) is 2.49. The van der Waals surface area contributed by atoms with E-state index in [0.717, 1.165) is 25.3 Å². The van der Waals surface area contributed by atoms with Gasteiger partial charge in [0, 0.05) is 18.3 Å². The van der Waals surface area contributed by atoms with Crippen LogP contribution in [0.5, 0.6) is 0 Å². The van der Waals surface area contributed by atoms with Gasteiger partial charge < -0.3 is 10.2 Å². The van der Waals surface area contributed by atoms with Gasteiger partial charge in [0.05, 0.1) is 6.04 Å². The Morgan fingerprint density at radius 3 is 3.00 bits per heavy atom. The van der Waals surface area contributed by atoms with Crippen LogP contribution in [0.4, 0.5) is 0 Å². The van der Waals surface area contributed by atoms with Gasteiger partial charge in [-0.25, -0.2) is 0 Å². The Kier molecular flexibility index (Phi) is 4.75. The Labute approximate surface area is 90.6 Å². The Morgan fingerprint density at radius 2 is 2.43 bits per heavy atom. The molecule has 0 aromatic heterocycles. The van der Waals surface area contributed by atoms with Crippen LogP contribution in [0.1, 0.15) is 20.3 Å². The van der Waals surface area contributed by atoms with E-state index in [2.05, 4.69) is 18.5 Å². The molecule has 0 bridgehead atoms. The SMILES string of the molecule is CCNC1CCN(C(C)CSC)C1=O. The summed E-state index contributed by atoms with van der Waals surface area (Å²) in [5.41, 5.74) is 0. The van der Waals surface area contributed by atoms with Crippen molar-refractivity contribution in [3.8, 4) is 0 Å². The number of carbonyl (C=O) groups excluding carboxylic acids is 1. The molecule has 0 aromatic carbocycles. The lowest BCUT2D eigenvalue weighted by Crippen LogP contribution is -2.42. The van der Waals surface area contributed by atoms with Crippen LogP contribution in [0.25, 0.3) is 0 Å². The van der Waals surface area contributed by atoms with Crippen molar-refractivity contribution in [3.63, 3.8) is 0 Å². The first-order valence-corrected chi connectivity index (χ1v) is 6.62. The number of hydrogen-bond acceptors (Lipinski definition) is 3. The smallest absolute Gasteiger partial charge is 0.240 e. The average molecular weight is 216 g/mol. The number of nitrogens with zero attached hydrogens (tertiary/aromatic N) is 1. The summed E-state index contributed by atoms with van der Waals surface area (Å²) >= 11 is 1.80. The molecular formula is C10H20N2OS. The fraction of sp³-hybridized carbons (Fsp3) is 0.900. The summed E-state index contributed by atoms with van der Waals surface area (Å²) in [7, 11) is 0. The highest BCUT2D eigenvalue weighted by atomic mass is 32.2. The molecular weight excluding hydrogens is 196 g/mol. The summed E-state index contributed by atoms with van der Waals surface area (Å²) < 4.78 is 0. The molecule has 4 heteroatoms. The first-order valence-electron chi connectivity index (χ1n) is 5.23. The van der Waals surface area contributed by atoms with Gasteiger partial charge in [-0.05, 0) is 26.1 Å². The van der Waals surface area contributed by atoms with Crippen LogP contribution in [0.15, 0.2) is 0 Å². The van der Waals surface area contributed by atoms with E-state index in [1.54, 1.807) is 11.8 Å². The van der Waals surface area contributed by atoms with Crippen LogP contribution < -0.4 is 5.32 Å². The first-order chi connectivity index (χ1) is 6.70. The summed E-state index contributed by atoms with van der Waals surface area (Å²) in [6.07, 6.45) is 3.05. The van der Waals surface area contributed by atoms with Gasteiger partial charge in [0.25, 0.3) is 0 Å². The van der Waals surface area contributed by atoms with Gasteiger partial charge in [0.2, 0.25) is 5.91 Å². The lowest BCUT2D eigenvalue weighted by atomic mass is 10.2. The van der Waals surface area contributed by atoms with E-state index < -0.39 is 0 Å². The van der Waals surface area contributed by atoms with Gasteiger partial charge in [0.1, 0.15) is 0 Å². The summed E-state index contributed by atoms with van der Waals surface area (Å²) in [5, 5.41) is 3.22. The summed E-state index contributed by atoms with van der Waals surface area (Å²) in [6.45, 7) is 5.96. The normalized spacial score (nSPS) is 24.4. The molecule has 1 saturated heterocycles. The molecule has 82 valence electrons. The van der Waals surface area contributed by atoms with Crippen molar-refractivity contribution < 1.29 is 4.79 Å². The molecule has 2 atom stereocenters. The predicted molar refractivity (Wildman–Crippen MR) is 61.6 cm³/mol. The van der Waals surface area contributed by atoms with Crippen LogP contribution in [0.2, 0.25) is 0 Å². The van der Waals surface area contributed by atoms with E-state index in [-0.39, 0.29) is 11.9 Å². The zero-order valence-electron chi connectivity index (χ0n) is 9.25. The van der Waals surface area contributed by atoms with Crippen LogP contribution >= 0.6 is 11.8 Å². The van der Waals surface area contributed by atoms with Gasteiger partial charge in [-0.15, -0.1) is 0 Å². The monoisotopic (exact) mass is 216 g/mol. The highest BCUT2D eigenvalue weighted by Gasteiger charge is 2.33. The van der Waals surface area contributed by atoms with Crippen molar-refractivity contribution in [1.82, 2.24) is 10.2 Å². The second-order valence-corrected chi connectivity index (χ2v) is 4.65. The van der Waals surface area contributed by atoms with E-state index in [0.29, 0.717) is 6.04 Å². The minimum Gasteiger partial charge on any atom is -0.338 e. The summed E-state index contributed by atoms with van der Waals surface area (Å²) in [5.74, 6) is 1.32. The maximum atomic E-state index is 11.9. The molecule has 0 aliphatic carbocycles. The first kappa shape index (κ1) is 11.9. The van der Waals surface area contributed by atoms with E-state index in [1.807, 2.05) is 11.8 Å². The van der Waals surface area contributed by atoms with E-state index in [9.17, 15) is 4.79 Å². The molecule has 1 aliphatic heterocycles. The molecule has 1 rings (SSSR count). The number of hydrogen-bond donors (Lipinski definition) is 1. The van der Waals surface area contributed by atoms with E-state index in [4.69, 9.17) is 0 Å². The molecule has 14 heavy (non-hydrogen) atoms. The van der Waals surface area contributed by atoms with Gasteiger partial charge in [-0.2, -0.15) is 11.8 Å². The molecule has 0 spiro atoms. The van der Waals surface area contributed by atoms with Crippen molar-refractivity contribution in [2.24, 2.45) is 0 Å². The lowest BCUT2D eigenvalue weighted by Gasteiger charge is -2.24. The Hall–Kier alpha value is -0.220. The summed E-state index contributed by atoms with van der Waals surface area (Å²) in [6, 6.07) is 0.450. The van der Waals surface area contributed by atoms with Crippen LogP contribution in [-0.4, -0.2) is 48.0 Å². The largest absolute Gasteiger partial charge is 0.338 e. The summed E-state index contributed by atoms with van der Waals surface area (Å²) in [4.78, 5) is 13.9. The van der Waals surface area contributed by atoms with Crippen LogP contribution in [-0.2, 0) is 4.79 Å². The van der Waals surface area contributed by atoms with Gasteiger partial charge in [-0.1, -0.05) is 6.92 Å². The molecule has 2 unspecified atom stereocenters. The Bertz CT molecular complexity index is 199. The number of rotatable bonds is 5. The number of nitrogens with one attached hydrogen (secondary N) is 1. The quantitative estimate of drug-likeness (QED) is 0.742. The maximum Gasteiger partial charge on any atom is 0.240 e. The van der Waals surface area contributed by atoms with E-state index >= 15 is 0 Å². The zero-order valence-corrected chi connectivity index (χ0v) is 10.1. The van der Waals surface area contributed by atoms with Crippen LogP contribution in [0.3, 0.4) is 0 Å². The van der Waals surface area contributed by atoms with Crippen molar-refractivity contribution in [2.75, 3.05) is 25.1 Å². The van der Waals surface area contributed by atoms with Crippen molar-refractivity contribution in [3.05, 3.63) is 0 Å². The third-order valence-corrected chi connectivity index (χ3v) is 3.45. The molecule has 1 fully saturated rings. The molecule has 0 radical (unpaired) electrons. The van der Waals surface area contributed by atoms with Gasteiger partial charge >= 0.3 is 0 Å². The molecule has 0 aromatic rings. The minimum absolute atomic E-state index is 0.0734. The predicted octanol–water partition coefficient (Wildman–Crippen LogP) is 0.948. The number of carbonyl (C=O) groups is 1. The Balaban J connectivity index is 2.46. The number of amides is 1. The second-order valence-electron chi connectivity index (χ2n) is 3.73. The lowest BCUT2D eigenvalue weighted by molar-refractivity contribution is -0.130. The van der Waals surface area contributed by atoms with Crippen molar-refractivity contribution in [1.29, 1.82) is 0 Å². The number of likely N-dealkylation sites (N-methyl/N-ethyl adjacent to an activating group) is 1. The standard InChI is InChI=1S/C10H20N2OS/c1-4-11-9-5-6-12(10(9)13)8(2)7-14-3/h8-9,11H,4-7H2,1-3H3. The molecule has 1 aliphatic rings. The topological polar surface area (TPSA) is 32.3 Å². The molecule has 3 nitrogen and oxygen atoms in total. The Morgan fingerprint density at radius 1 is 1.71 bits per heavy atom. The zero-order chi connectivity index (χ0) is 10.6. The second kappa shape index (κ2) is 5.61. The number of thioether (sulfide) groups is 1. The highest BCUT2D eigenvalue weighted by molar-refractivity contribution is 7.98. The highest BCUT2D eigenvalue weighted by Crippen LogP contribution is 2.16. The molecule has 1 N–H and O–H groups in total. The third kappa shape index (κ3) is 2.64. The fourth-order valence-corrected chi connectivity index (χ4v) is 2.57. The molecule has 1 amide bonds. The van der Waals surface area contributed by atoms with Crippen LogP contribution in [0, 0.1) is 0 Å². The van der Waals surface area contributed by atoms with E-state index in [1.165, 1.54) is 0 Å². The maximum absolute atomic E-state index is 11.9. The van der Waals surface area contributed by atoms with Gasteiger partial charge in [-0.3, -0.25) is 4.79 Å². The molecule has 0 saturated carbocycles. The molecule has 1 heterocycles. The fourth-order valence-electron chi connectivity index (χ4n) is 1.91. The van der Waals surface area contributed by atoms with Crippen molar-refractivity contribution in [2.45, 2.75) is 32.4 Å². The van der Waals surface area contributed by atoms with Crippen molar-refractivity contribution >= 4 is 17.7 Å². The number of likely N-dealkylation sites (tertiary alicyclic amines) is 1. The minimum atomic E-state index is 0.0734.